The number of likely N-dealkylation sites (tertiary alicyclic amines) is 1. The fraction of sp³-hybridized carbons (Fsp3) is 0.379. The highest BCUT2D eigenvalue weighted by molar-refractivity contribution is 6.01. The van der Waals surface area contributed by atoms with E-state index in [1.165, 1.54) is 0 Å². The van der Waals surface area contributed by atoms with Gasteiger partial charge in [0.05, 0.1) is 0 Å². The number of carbonyl (C=O) groups excluding carboxylic acids is 3. The first-order valence-corrected chi connectivity index (χ1v) is 13.4. The number of hydrogen-bond acceptors (Lipinski definition) is 4. The highest BCUT2D eigenvalue weighted by Gasteiger charge is 2.37. The Morgan fingerprint density at radius 3 is 2.50 bits per heavy atom. The van der Waals surface area contributed by atoms with Gasteiger partial charge in [-0.2, -0.15) is 0 Å². The lowest BCUT2D eigenvalue weighted by atomic mass is 10.0. The zero-order valence-electron chi connectivity index (χ0n) is 22.7. The third-order valence-corrected chi connectivity index (χ3v) is 7.09. The molecule has 2 aromatic carbocycles. The van der Waals surface area contributed by atoms with Gasteiger partial charge in [0.2, 0.25) is 11.8 Å². The number of hydrogen-bond donors (Lipinski definition) is 4. The lowest BCUT2D eigenvalue weighted by Crippen LogP contribution is -2.54. The van der Waals surface area contributed by atoms with Crippen LogP contribution < -0.4 is 22.1 Å². The summed E-state index contributed by atoms with van der Waals surface area (Å²) in [7, 11) is 1.84. The van der Waals surface area contributed by atoms with E-state index in [2.05, 4.69) is 15.6 Å². The molecular weight excluding hydrogens is 530 g/mol. The highest BCUT2D eigenvalue weighted by Crippen LogP contribution is 2.21. The first kappa shape index (κ1) is 30.5. The standard InChI is InChI=1S/C29H37N7O3.ClH/c1-35-23-13-6-5-12-21(23)19-25(35)27(38)34-22(18-20-10-3-2-4-11-20)28(39)36-17-9-14-24(36)26(37)32-15-7-8-16-33-29(30)31;/h2-6,10-13,19,22,24H,7-9,14-18H2,1H3,(H,32,37)(H,34,38)(H4,30,31,33);1H/t22-,24+;/m1./s1. The number of amides is 3. The van der Waals surface area contributed by atoms with Gasteiger partial charge in [-0.25, -0.2) is 0 Å². The molecule has 3 amide bonds. The van der Waals surface area contributed by atoms with Gasteiger partial charge in [0, 0.05) is 44.0 Å². The Kier molecular flexibility index (Phi) is 11.0. The second-order valence-corrected chi connectivity index (χ2v) is 9.86. The number of unbranched alkanes of at least 4 members (excludes halogenated alkanes) is 1. The second-order valence-electron chi connectivity index (χ2n) is 9.86. The quantitative estimate of drug-likeness (QED) is 0.159. The molecule has 1 aliphatic heterocycles. The summed E-state index contributed by atoms with van der Waals surface area (Å²) < 4.78 is 1.83. The maximum Gasteiger partial charge on any atom is 0.268 e. The normalized spacial score (nSPS) is 15.2. The van der Waals surface area contributed by atoms with Crippen molar-refractivity contribution in [2.75, 3.05) is 19.6 Å². The van der Waals surface area contributed by atoms with E-state index in [1.54, 1.807) is 4.90 Å². The molecule has 0 bridgehead atoms. The van der Waals surface area contributed by atoms with Crippen LogP contribution in [0.2, 0.25) is 0 Å². The molecule has 3 aromatic rings. The zero-order chi connectivity index (χ0) is 27.8. The molecule has 4 rings (SSSR count). The summed E-state index contributed by atoms with van der Waals surface area (Å²) in [5.74, 6) is -0.710. The van der Waals surface area contributed by atoms with Crippen LogP contribution in [0, 0.1) is 0 Å². The van der Waals surface area contributed by atoms with E-state index in [9.17, 15) is 14.4 Å². The van der Waals surface area contributed by atoms with Gasteiger partial charge in [-0.1, -0.05) is 48.5 Å². The van der Waals surface area contributed by atoms with Crippen molar-refractivity contribution in [1.29, 1.82) is 0 Å². The van der Waals surface area contributed by atoms with Gasteiger partial charge in [0.1, 0.15) is 17.8 Å². The Balaban J connectivity index is 0.00000441. The topological polar surface area (TPSA) is 148 Å². The molecule has 1 aliphatic rings. The summed E-state index contributed by atoms with van der Waals surface area (Å²) in [6, 6.07) is 17.8. The van der Waals surface area contributed by atoms with Crippen LogP contribution in [0.25, 0.3) is 10.9 Å². The Hall–Kier alpha value is -4.05. The lowest BCUT2D eigenvalue weighted by molar-refractivity contribution is -0.139. The van der Waals surface area contributed by atoms with Gasteiger partial charge in [-0.05, 0) is 43.4 Å². The minimum absolute atomic E-state index is 0. The molecule has 0 aliphatic carbocycles. The molecule has 1 fully saturated rings. The monoisotopic (exact) mass is 567 g/mol. The van der Waals surface area contributed by atoms with Crippen molar-refractivity contribution in [3.63, 3.8) is 0 Å². The number of aryl methyl sites for hydroxylation is 1. The van der Waals surface area contributed by atoms with Crippen molar-refractivity contribution in [3.8, 4) is 0 Å². The van der Waals surface area contributed by atoms with Gasteiger partial charge in [0.25, 0.3) is 5.91 Å². The van der Waals surface area contributed by atoms with E-state index < -0.39 is 12.1 Å². The molecule has 214 valence electrons. The first-order chi connectivity index (χ1) is 18.8. The van der Waals surface area contributed by atoms with E-state index in [-0.39, 0.29) is 36.1 Å². The Morgan fingerprint density at radius 2 is 1.77 bits per heavy atom. The highest BCUT2D eigenvalue weighted by atomic mass is 35.5. The first-order valence-electron chi connectivity index (χ1n) is 13.4. The van der Waals surface area contributed by atoms with E-state index in [4.69, 9.17) is 11.5 Å². The van der Waals surface area contributed by atoms with Crippen molar-refractivity contribution < 1.29 is 14.4 Å². The van der Waals surface area contributed by atoms with Crippen LogP contribution in [0.15, 0.2) is 65.7 Å². The van der Waals surface area contributed by atoms with Crippen molar-refractivity contribution in [2.45, 2.75) is 44.2 Å². The Labute approximate surface area is 240 Å². The smallest absolute Gasteiger partial charge is 0.268 e. The van der Waals surface area contributed by atoms with Crippen molar-refractivity contribution in [2.24, 2.45) is 23.5 Å². The molecule has 0 radical (unpaired) electrons. The summed E-state index contributed by atoms with van der Waals surface area (Å²) in [6.45, 7) is 1.45. The molecular formula is C29H38ClN7O3. The second kappa shape index (κ2) is 14.4. The number of fused-ring (bicyclic) bond motifs is 1. The number of guanidine groups is 1. The molecule has 40 heavy (non-hydrogen) atoms. The maximum absolute atomic E-state index is 13.9. The molecule has 0 saturated carbocycles. The molecule has 6 N–H and O–H groups in total. The number of benzene rings is 2. The maximum atomic E-state index is 13.9. The minimum atomic E-state index is -0.814. The summed E-state index contributed by atoms with van der Waals surface area (Å²) in [5.41, 5.74) is 13.0. The number of halogens is 1. The van der Waals surface area contributed by atoms with Gasteiger partial charge >= 0.3 is 0 Å². The molecule has 2 heterocycles. The number of nitrogens with one attached hydrogen (secondary N) is 2. The van der Waals surface area contributed by atoms with Crippen LogP contribution in [0.5, 0.6) is 0 Å². The number of nitrogens with two attached hydrogens (primary N) is 2. The van der Waals surface area contributed by atoms with Gasteiger partial charge in [0.15, 0.2) is 5.96 Å². The molecule has 11 heteroatoms. The summed E-state index contributed by atoms with van der Waals surface area (Å²) in [5, 5.41) is 6.87. The van der Waals surface area contributed by atoms with E-state index >= 15 is 0 Å². The van der Waals surface area contributed by atoms with E-state index in [0.29, 0.717) is 38.2 Å². The average Bonchev–Trinajstić information content (AvgIpc) is 3.55. The van der Waals surface area contributed by atoms with Crippen molar-refractivity contribution >= 4 is 47.0 Å². The fourth-order valence-corrected chi connectivity index (χ4v) is 5.07. The molecule has 1 saturated heterocycles. The van der Waals surface area contributed by atoms with Gasteiger partial charge in [-0.15, -0.1) is 12.4 Å². The Morgan fingerprint density at radius 1 is 1.05 bits per heavy atom. The van der Waals surface area contributed by atoms with Crippen LogP contribution in [0.3, 0.4) is 0 Å². The fourth-order valence-electron chi connectivity index (χ4n) is 5.07. The zero-order valence-corrected chi connectivity index (χ0v) is 23.5. The number of nitrogens with zero attached hydrogens (tertiary/aromatic N) is 3. The predicted octanol–water partition coefficient (Wildman–Crippen LogP) is 2.10. The molecule has 0 unspecified atom stereocenters. The summed E-state index contributed by atoms with van der Waals surface area (Å²) in [4.78, 5) is 45.9. The average molecular weight is 568 g/mol. The number of rotatable bonds is 11. The van der Waals surface area contributed by atoms with E-state index in [0.717, 1.165) is 35.7 Å². The van der Waals surface area contributed by atoms with E-state index in [1.807, 2.05) is 72.3 Å². The van der Waals surface area contributed by atoms with Crippen LogP contribution in [-0.2, 0) is 23.1 Å². The summed E-state index contributed by atoms with van der Waals surface area (Å²) >= 11 is 0. The molecule has 1 aromatic heterocycles. The lowest BCUT2D eigenvalue weighted by Gasteiger charge is -2.29. The van der Waals surface area contributed by atoms with Crippen LogP contribution in [-0.4, -0.2) is 64.9 Å². The summed E-state index contributed by atoms with van der Waals surface area (Å²) in [6.07, 6.45) is 3.10. The largest absolute Gasteiger partial charge is 0.370 e. The molecule has 2 atom stereocenters. The number of aliphatic imine (C=N–C) groups is 1. The molecule has 0 spiro atoms. The van der Waals surface area contributed by atoms with Crippen LogP contribution in [0.4, 0.5) is 0 Å². The number of carbonyl (C=O) groups is 3. The minimum Gasteiger partial charge on any atom is -0.370 e. The van der Waals surface area contributed by atoms with Crippen molar-refractivity contribution in [3.05, 3.63) is 71.9 Å². The third kappa shape index (κ3) is 7.53. The van der Waals surface area contributed by atoms with Crippen LogP contribution in [0.1, 0.15) is 41.7 Å². The third-order valence-electron chi connectivity index (χ3n) is 7.09. The number of aromatic nitrogens is 1. The Bertz CT molecular complexity index is 1340. The van der Waals surface area contributed by atoms with Gasteiger partial charge in [-0.3, -0.25) is 19.4 Å². The SMILES string of the molecule is Cl.Cn1c(C(=O)N[C@H](Cc2ccccc2)C(=O)N2CCC[C@H]2C(=O)NCCCCN=C(N)N)cc2ccccc21. The van der Waals surface area contributed by atoms with Crippen molar-refractivity contribution in [1.82, 2.24) is 20.1 Å². The van der Waals surface area contributed by atoms with Crippen LogP contribution >= 0.6 is 12.4 Å². The predicted molar refractivity (Wildman–Crippen MR) is 159 cm³/mol. The number of para-hydroxylation sites is 1. The van der Waals surface area contributed by atoms with Gasteiger partial charge < -0.3 is 31.6 Å². The molecule has 10 nitrogen and oxygen atoms in total.